The zero-order valence-electron chi connectivity index (χ0n) is 18.9. The maximum atomic E-state index is 11.8. The molecule has 31 heavy (non-hydrogen) atoms. The van der Waals surface area contributed by atoms with Gasteiger partial charge in [-0.25, -0.2) is 9.79 Å². The summed E-state index contributed by atoms with van der Waals surface area (Å²) in [5.41, 5.74) is 2.91. The van der Waals surface area contributed by atoms with Crippen molar-refractivity contribution in [1.82, 2.24) is 10.6 Å². The molecule has 1 aromatic carbocycles. The van der Waals surface area contributed by atoms with Gasteiger partial charge in [0.1, 0.15) is 23.6 Å². The molecule has 7 heteroatoms. The molecule has 1 saturated heterocycles. The lowest BCUT2D eigenvalue weighted by atomic mass is 9.89. The third-order valence-electron chi connectivity index (χ3n) is 5.49. The molecule has 2 atom stereocenters. The Morgan fingerprint density at radius 3 is 2.71 bits per heavy atom. The summed E-state index contributed by atoms with van der Waals surface area (Å²) in [6.45, 7) is 8.51. The van der Waals surface area contributed by atoms with Crippen LogP contribution in [0.2, 0.25) is 0 Å². The van der Waals surface area contributed by atoms with E-state index < -0.39 is 5.97 Å². The summed E-state index contributed by atoms with van der Waals surface area (Å²) < 4.78 is 16.6. The average Bonchev–Trinajstić information content (AvgIpc) is 3.16. The smallest absolute Gasteiger partial charge is 0.341 e. The number of nitrogens with zero attached hydrogens (tertiary/aromatic N) is 1. The van der Waals surface area contributed by atoms with Gasteiger partial charge in [-0.15, -0.1) is 0 Å². The lowest BCUT2D eigenvalue weighted by Gasteiger charge is -2.32. The number of carbonyl (C=O) groups is 1. The van der Waals surface area contributed by atoms with Crippen LogP contribution in [-0.4, -0.2) is 38.7 Å². The number of guanidine groups is 1. The van der Waals surface area contributed by atoms with Gasteiger partial charge < -0.3 is 24.5 Å². The molecule has 2 unspecified atom stereocenters. The number of aliphatic imine (C=N–C) groups is 1. The van der Waals surface area contributed by atoms with Crippen molar-refractivity contribution in [3.8, 4) is 0 Å². The molecule has 1 aliphatic rings. The summed E-state index contributed by atoms with van der Waals surface area (Å²) in [5, 5.41) is 6.73. The second kappa shape index (κ2) is 11.0. The van der Waals surface area contributed by atoms with Gasteiger partial charge in [0, 0.05) is 25.6 Å². The number of rotatable bonds is 7. The van der Waals surface area contributed by atoms with E-state index >= 15 is 0 Å². The highest BCUT2D eigenvalue weighted by atomic mass is 16.5. The number of carbonyl (C=O) groups excluding carboxylic acids is 1. The predicted octanol–water partition coefficient (Wildman–Crippen LogP) is 3.91. The Bertz CT molecular complexity index is 889. The number of esters is 1. The van der Waals surface area contributed by atoms with Crippen LogP contribution < -0.4 is 10.6 Å². The largest absolute Gasteiger partial charge is 0.465 e. The Morgan fingerprint density at radius 1 is 1.23 bits per heavy atom. The molecule has 0 radical (unpaired) electrons. The highest BCUT2D eigenvalue weighted by Gasteiger charge is 2.27. The Morgan fingerprint density at radius 2 is 2.00 bits per heavy atom. The summed E-state index contributed by atoms with van der Waals surface area (Å²) >= 11 is 0. The number of furan rings is 1. The first-order valence-corrected chi connectivity index (χ1v) is 10.9. The number of aryl methyl sites for hydroxylation is 2. The van der Waals surface area contributed by atoms with Crippen LogP contribution in [0.1, 0.15) is 58.9 Å². The molecule has 1 fully saturated rings. The number of benzene rings is 1. The van der Waals surface area contributed by atoms with E-state index in [1.54, 1.807) is 13.0 Å². The van der Waals surface area contributed by atoms with Gasteiger partial charge in [0.2, 0.25) is 0 Å². The molecule has 1 aliphatic heterocycles. The molecule has 0 aliphatic carbocycles. The predicted molar refractivity (Wildman–Crippen MR) is 120 cm³/mol. The van der Waals surface area contributed by atoms with Crippen molar-refractivity contribution in [2.75, 3.05) is 26.8 Å². The molecule has 2 heterocycles. The first-order valence-electron chi connectivity index (χ1n) is 10.9. The molecule has 7 nitrogen and oxygen atoms in total. The van der Waals surface area contributed by atoms with Gasteiger partial charge in [-0.05, 0) is 45.2 Å². The lowest BCUT2D eigenvalue weighted by molar-refractivity contribution is -0.0265. The van der Waals surface area contributed by atoms with Crippen LogP contribution in [0, 0.1) is 19.8 Å². The molecule has 0 bridgehead atoms. The second-order valence-corrected chi connectivity index (χ2v) is 7.85. The number of hydrogen-bond donors (Lipinski definition) is 2. The zero-order chi connectivity index (χ0) is 22.2. The standard InChI is InChI=1S/C24H33N3O4/c1-5-25-24(27-15-20-13-21(17(3)31-20)23(28)29-4)26-14-19-7-6-12-30-22(19)18-10-8-16(2)9-11-18/h8-11,13,19,22H,5-7,12,14-15H2,1-4H3,(H2,25,26,27). The van der Waals surface area contributed by atoms with E-state index in [1.165, 1.54) is 18.2 Å². The monoisotopic (exact) mass is 427 g/mol. The van der Waals surface area contributed by atoms with Crippen LogP contribution in [0.25, 0.3) is 0 Å². The van der Waals surface area contributed by atoms with Crippen LogP contribution in [0.4, 0.5) is 0 Å². The Labute approximate surface area is 184 Å². The quantitative estimate of drug-likeness (QED) is 0.396. The minimum atomic E-state index is -0.402. The Hall–Kier alpha value is -2.80. The highest BCUT2D eigenvalue weighted by molar-refractivity contribution is 5.90. The third kappa shape index (κ3) is 6.10. The molecule has 3 rings (SSSR count). The van der Waals surface area contributed by atoms with E-state index in [1.807, 2.05) is 6.92 Å². The molecular formula is C24H33N3O4. The van der Waals surface area contributed by atoms with Gasteiger partial charge in [-0.3, -0.25) is 0 Å². The fraction of sp³-hybridized carbons (Fsp3) is 0.500. The summed E-state index contributed by atoms with van der Waals surface area (Å²) in [7, 11) is 1.36. The van der Waals surface area contributed by atoms with Crippen molar-refractivity contribution in [1.29, 1.82) is 0 Å². The minimum absolute atomic E-state index is 0.0834. The number of methoxy groups -OCH3 is 1. The van der Waals surface area contributed by atoms with Crippen molar-refractivity contribution in [3.05, 3.63) is 58.5 Å². The highest BCUT2D eigenvalue weighted by Crippen LogP contribution is 2.33. The van der Waals surface area contributed by atoms with Gasteiger partial charge in [0.05, 0.1) is 13.2 Å². The van der Waals surface area contributed by atoms with Gasteiger partial charge in [-0.1, -0.05) is 29.8 Å². The Balaban J connectivity index is 1.65. The summed E-state index contributed by atoms with van der Waals surface area (Å²) in [4.78, 5) is 16.4. The summed E-state index contributed by atoms with van der Waals surface area (Å²) in [6, 6.07) is 10.3. The molecule has 2 aromatic rings. The van der Waals surface area contributed by atoms with Crippen molar-refractivity contribution >= 4 is 11.9 Å². The van der Waals surface area contributed by atoms with Crippen molar-refractivity contribution < 1.29 is 18.7 Å². The van der Waals surface area contributed by atoms with E-state index in [0.717, 1.165) is 32.5 Å². The lowest BCUT2D eigenvalue weighted by Crippen LogP contribution is -2.42. The Kier molecular flexibility index (Phi) is 8.12. The first kappa shape index (κ1) is 22.9. The van der Waals surface area contributed by atoms with E-state index in [-0.39, 0.29) is 6.10 Å². The zero-order valence-corrected chi connectivity index (χ0v) is 18.9. The summed E-state index contributed by atoms with van der Waals surface area (Å²) in [5.74, 6) is 1.83. The van der Waals surface area contributed by atoms with Crippen LogP contribution in [-0.2, 0) is 16.0 Å². The molecule has 0 amide bonds. The fourth-order valence-electron chi connectivity index (χ4n) is 3.84. The molecule has 0 spiro atoms. The van der Waals surface area contributed by atoms with Gasteiger partial charge >= 0.3 is 5.97 Å². The van der Waals surface area contributed by atoms with E-state index in [2.05, 4.69) is 46.8 Å². The van der Waals surface area contributed by atoms with E-state index in [9.17, 15) is 4.79 Å². The first-order chi connectivity index (χ1) is 15.0. The molecule has 168 valence electrons. The normalized spacial score (nSPS) is 19.2. The van der Waals surface area contributed by atoms with Crippen molar-refractivity contribution in [2.45, 2.75) is 46.3 Å². The average molecular weight is 428 g/mol. The van der Waals surface area contributed by atoms with Crippen LogP contribution in [0.5, 0.6) is 0 Å². The maximum absolute atomic E-state index is 11.8. The van der Waals surface area contributed by atoms with Gasteiger partial charge in [-0.2, -0.15) is 0 Å². The second-order valence-electron chi connectivity index (χ2n) is 7.85. The molecular weight excluding hydrogens is 394 g/mol. The third-order valence-corrected chi connectivity index (χ3v) is 5.49. The number of ether oxygens (including phenoxy) is 2. The van der Waals surface area contributed by atoms with E-state index in [0.29, 0.717) is 35.5 Å². The molecule has 0 saturated carbocycles. The van der Waals surface area contributed by atoms with Crippen molar-refractivity contribution in [3.63, 3.8) is 0 Å². The van der Waals surface area contributed by atoms with E-state index in [4.69, 9.17) is 13.9 Å². The maximum Gasteiger partial charge on any atom is 0.341 e. The molecule has 1 aromatic heterocycles. The van der Waals surface area contributed by atoms with Gasteiger partial charge in [0.15, 0.2) is 5.96 Å². The SMILES string of the molecule is CCNC(=NCc1cc(C(=O)OC)c(C)o1)NCC1CCCOC1c1ccc(C)cc1. The van der Waals surface area contributed by atoms with Gasteiger partial charge in [0.25, 0.3) is 0 Å². The van der Waals surface area contributed by atoms with Crippen LogP contribution in [0.3, 0.4) is 0 Å². The number of nitrogens with one attached hydrogen (secondary N) is 2. The van der Waals surface area contributed by atoms with Crippen LogP contribution in [0.15, 0.2) is 39.7 Å². The molecule has 2 N–H and O–H groups in total. The fourth-order valence-corrected chi connectivity index (χ4v) is 3.84. The topological polar surface area (TPSA) is 85.1 Å². The van der Waals surface area contributed by atoms with Crippen molar-refractivity contribution in [2.24, 2.45) is 10.9 Å². The minimum Gasteiger partial charge on any atom is -0.465 e. The van der Waals surface area contributed by atoms with Crippen LogP contribution >= 0.6 is 0 Å². The number of hydrogen-bond acceptors (Lipinski definition) is 5. The summed E-state index contributed by atoms with van der Waals surface area (Å²) in [6.07, 6.45) is 2.25.